The van der Waals surface area contributed by atoms with Gasteiger partial charge in [0.1, 0.15) is 5.58 Å². The number of benzene rings is 2. The summed E-state index contributed by atoms with van der Waals surface area (Å²) in [4.78, 5) is 4.55. The number of rotatable bonds is 0. The van der Waals surface area contributed by atoms with Crippen molar-refractivity contribution in [3.05, 3.63) is 54.6 Å². The van der Waals surface area contributed by atoms with Crippen LogP contribution in [0.4, 0.5) is 0 Å². The SMILES string of the molecule is c1ccc2nc3oc4ccccc4c3cc2c1. The van der Waals surface area contributed by atoms with Crippen molar-refractivity contribution in [2.75, 3.05) is 0 Å². The second-order valence-electron chi connectivity index (χ2n) is 4.13. The van der Waals surface area contributed by atoms with E-state index in [1.807, 2.05) is 36.4 Å². The van der Waals surface area contributed by atoms with E-state index < -0.39 is 0 Å². The van der Waals surface area contributed by atoms with Crippen molar-refractivity contribution in [1.82, 2.24) is 4.98 Å². The average molecular weight is 219 g/mol. The molecule has 17 heavy (non-hydrogen) atoms. The number of para-hydroxylation sites is 2. The van der Waals surface area contributed by atoms with Crippen LogP contribution < -0.4 is 0 Å². The Labute approximate surface area is 97.5 Å². The maximum absolute atomic E-state index is 5.75. The van der Waals surface area contributed by atoms with Gasteiger partial charge in [0.2, 0.25) is 5.71 Å². The Morgan fingerprint density at radius 3 is 2.65 bits per heavy atom. The molecule has 0 fully saturated rings. The minimum Gasteiger partial charge on any atom is -0.438 e. The molecule has 2 aromatic heterocycles. The van der Waals surface area contributed by atoms with Crippen LogP contribution in [0.5, 0.6) is 0 Å². The Morgan fingerprint density at radius 1 is 0.824 bits per heavy atom. The van der Waals surface area contributed by atoms with Crippen LogP contribution in [-0.2, 0) is 0 Å². The Kier molecular flexibility index (Phi) is 1.59. The summed E-state index contributed by atoms with van der Waals surface area (Å²) >= 11 is 0. The molecule has 0 aliphatic heterocycles. The first-order valence-corrected chi connectivity index (χ1v) is 5.59. The van der Waals surface area contributed by atoms with E-state index in [1.54, 1.807) is 0 Å². The molecule has 4 aromatic rings. The quantitative estimate of drug-likeness (QED) is 0.444. The van der Waals surface area contributed by atoms with Gasteiger partial charge >= 0.3 is 0 Å². The third-order valence-corrected chi connectivity index (χ3v) is 3.07. The first kappa shape index (κ1) is 8.76. The van der Waals surface area contributed by atoms with Gasteiger partial charge in [0.15, 0.2) is 0 Å². The van der Waals surface area contributed by atoms with Gasteiger partial charge in [-0.25, -0.2) is 4.98 Å². The summed E-state index contributed by atoms with van der Waals surface area (Å²) in [7, 11) is 0. The first-order chi connectivity index (χ1) is 8.42. The first-order valence-electron chi connectivity index (χ1n) is 5.59. The summed E-state index contributed by atoms with van der Waals surface area (Å²) in [6, 6.07) is 18.3. The van der Waals surface area contributed by atoms with Crippen LogP contribution in [0.1, 0.15) is 0 Å². The summed E-state index contributed by atoms with van der Waals surface area (Å²) in [6.07, 6.45) is 0. The van der Waals surface area contributed by atoms with Gasteiger partial charge in [0.05, 0.1) is 5.52 Å². The zero-order valence-corrected chi connectivity index (χ0v) is 9.05. The molecule has 80 valence electrons. The lowest BCUT2D eigenvalue weighted by Crippen LogP contribution is -1.77. The molecule has 0 aliphatic carbocycles. The highest BCUT2D eigenvalue weighted by molar-refractivity contribution is 6.07. The van der Waals surface area contributed by atoms with Crippen LogP contribution >= 0.6 is 0 Å². The monoisotopic (exact) mass is 219 g/mol. The maximum Gasteiger partial charge on any atom is 0.227 e. The number of furan rings is 1. The predicted molar refractivity (Wildman–Crippen MR) is 69.0 cm³/mol. The molecule has 0 amide bonds. The number of fused-ring (bicyclic) bond motifs is 4. The van der Waals surface area contributed by atoms with Gasteiger partial charge in [-0.1, -0.05) is 36.4 Å². The van der Waals surface area contributed by atoms with Crippen molar-refractivity contribution in [1.29, 1.82) is 0 Å². The van der Waals surface area contributed by atoms with Gasteiger partial charge in [0, 0.05) is 16.2 Å². The van der Waals surface area contributed by atoms with Gasteiger partial charge in [-0.15, -0.1) is 0 Å². The zero-order valence-electron chi connectivity index (χ0n) is 9.05. The summed E-state index contributed by atoms with van der Waals surface area (Å²) < 4.78 is 5.75. The Hall–Kier alpha value is -2.35. The van der Waals surface area contributed by atoms with Gasteiger partial charge in [0.25, 0.3) is 0 Å². The van der Waals surface area contributed by atoms with Crippen molar-refractivity contribution in [3.8, 4) is 0 Å². The van der Waals surface area contributed by atoms with E-state index >= 15 is 0 Å². The summed E-state index contributed by atoms with van der Waals surface area (Å²) in [6.45, 7) is 0. The minimum absolute atomic E-state index is 0.713. The largest absolute Gasteiger partial charge is 0.438 e. The van der Waals surface area contributed by atoms with Gasteiger partial charge in [-0.05, 0) is 18.2 Å². The molecule has 0 N–H and O–H groups in total. The summed E-state index contributed by atoms with van der Waals surface area (Å²) in [5.41, 5.74) is 2.58. The lowest BCUT2D eigenvalue weighted by molar-refractivity contribution is 0.656. The molecule has 0 atom stereocenters. The van der Waals surface area contributed by atoms with Crippen molar-refractivity contribution in [2.45, 2.75) is 0 Å². The molecule has 2 heteroatoms. The van der Waals surface area contributed by atoms with Crippen LogP contribution in [-0.4, -0.2) is 4.98 Å². The molecule has 0 saturated carbocycles. The standard InChI is InChI=1S/C15H9NO/c1-3-7-13-10(5-1)9-12-11-6-2-4-8-14(11)17-15(12)16-13/h1-9H. The second kappa shape index (κ2) is 3.08. The summed E-state index contributed by atoms with van der Waals surface area (Å²) in [5.74, 6) is 0. The molecular formula is C15H9NO. The van der Waals surface area contributed by atoms with Crippen molar-refractivity contribution >= 4 is 33.0 Å². The van der Waals surface area contributed by atoms with E-state index in [0.29, 0.717) is 5.71 Å². The number of nitrogens with zero attached hydrogens (tertiary/aromatic N) is 1. The number of hydrogen-bond acceptors (Lipinski definition) is 2. The van der Waals surface area contributed by atoms with E-state index in [1.165, 1.54) is 0 Å². The second-order valence-corrected chi connectivity index (χ2v) is 4.13. The van der Waals surface area contributed by atoms with Crippen LogP contribution in [0.15, 0.2) is 59.0 Å². The van der Waals surface area contributed by atoms with E-state index in [2.05, 4.69) is 23.2 Å². The van der Waals surface area contributed by atoms with Gasteiger partial charge in [-0.2, -0.15) is 0 Å². The third kappa shape index (κ3) is 1.18. The molecule has 0 saturated heterocycles. The number of pyridine rings is 1. The van der Waals surface area contributed by atoms with E-state index in [0.717, 1.165) is 27.3 Å². The van der Waals surface area contributed by atoms with Crippen LogP contribution in [0.25, 0.3) is 33.0 Å². The van der Waals surface area contributed by atoms with Crippen LogP contribution in [0, 0.1) is 0 Å². The highest BCUT2D eigenvalue weighted by Gasteiger charge is 2.08. The summed E-state index contributed by atoms with van der Waals surface area (Å²) in [5, 5.41) is 3.35. The fraction of sp³-hybridized carbons (Fsp3) is 0. The lowest BCUT2D eigenvalue weighted by Gasteiger charge is -1.95. The highest BCUT2D eigenvalue weighted by atomic mass is 16.3. The average Bonchev–Trinajstić information content (AvgIpc) is 2.73. The molecule has 0 radical (unpaired) electrons. The smallest absolute Gasteiger partial charge is 0.227 e. The van der Waals surface area contributed by atoms with Crippen LogP contribution in [0.2, 0.25) is 0 Å². The number of hydrogen-bond donors (Lipinski definition) is 0. The molecule has 4 rings (SSSR count). The molecule has 0 aliphatic rings. The fourth-order valence-corrected chi connectivity index (χ4v) is 2.25. The van der Waals surface area contributed by atoms with Crippen molar-refractivity contribution in [2.24, 2.45) is 0 Å². The molecule has 0 unspecified atom stereocenters. The van der Waals surface area contributed by atoms with E-state index in [-0.39, 0.29) is 0 Å². The minimum atomic E-state index is 0.713. The Bertz CT molecular complexity index is 839. The van der Waals surface area contributed by atoms with E-state index in [4.69, 9.17) is 4.42 Å². The lowest BCUT2D eigenvalue weighted by atomic mass is 10.1. The molecular weight excluding hydrogens is 210 g/mol. The third-order valence-electron chi connectivity index (χ3n) is 3.07. The highest BCUT2D eigenvalue weighted by Crippen LogP contribution is 2.29. The predicted octanol–water partition coefficient (Wildman–Crippen LogP) is 4.13. The normalized spacial score (nSPS) is 11.5. The molecule has 2 nitrogen and oxygen atoms in total. The molecule has 0 bridgehead atoms. The maximum atomic E-state index is 5.75. The zero-order chi connectivity index (χ0) is 11.2. The van der Waals surface area contributed by atoms with Gasteiger partial charge < -0.3 is 4.42 Å². The Balaban J connectivity index is 2.28. The molecule has 2 heterocycles. The van der Waals surface area contributed by atoms with Crippen molar-refractivity contribution in [3.63, 3.8) is 0 Å². The van der Waals surface area contributed by atoms with Gasteiger partial charge in [-0.3, -0.25) is 0 Å². The Morgan fingerprint density at radius 2 is 1.65 bits per heavy atom. The molecule has 2 aromatic carbocycles. The van der Waals surface area contributed by atoms with Crippen LogP contribution in [0.3, 0.4) is 0 Å². The number of aromatic nitrogens is 1. The topological polar surface area (TPSA) is 26.0 Å². The van der Waals surface area contributed by atoms with Crippen molar-refractivity contribution < 1.29 is 4.42 Å². The fourth-order valence-electron chi connectivity index (χ4n) is 2.25. The molecule has 0 spiro atoms. The van der Waals surface area contributed by atoms with E-state index in [9.17, 15) is 0 Å².